The third-order valence-corrected chi connectivity index (χ3v) is 2.92. The standard InChI is InChI=1S/C13H18O2/c1-5-9(2)11-7-6-8-12(10(11)3)13(14)15-4/h6-9H,5H2,1-4H3/t9-/m1/s1. The van der Waals surface area contributed by atoms with Gasteiger partial charge in [0, 0.05) is 0 Å². The van der Waals surface area contributed by atoms with Crippen molar-refractivity contribution in [2.24, 2.45) is 0 Å². The molecule has 0 N–H and O–H groups in total. The molecule has 1 atom stereocenters. The summed E-state index contributed by atoms with van der Waals surface area (Å²) in [6.07, 6.45) is 1.07. The minimum Gasteiger partial charge on any atom is -0.465 e. The maximum absolute atomic E-state index is 11.5. The Morgan fingerprint density at radius 3 is 2.67 bits per heavy atom. The van der Waals surface area contributed by atoms with Gasteiger partial charge in [-0.15, -0.1) is 0 Å². The number of methoxy groups -OCH3 is 1. The number of carbonyl (C=O) groups excluding carboxylic acids is 1. The van der Waals surface area contributed by atoms with Crippen molar-refractivity contribution in [3.63, 3.8) is 0 Å². The summed E-state index contributed by atoms with van der Waals surface area (Å²) in [7, 11) is 1.41. The molecule has 1 aromatic rings. The van der Waals surface area contributed by atoms with Gasteiger partial charge in [0.05, 0.1) is 12.7 Å². The van der Waals surface area contributed by atoms with Crippen LogP contribution in [0.1, 0.15) is 47.7 Å². The van der Waals surface area contributed by atoms with Crippen molar-refractivity contribution in [2.45, 2.75) is 33.1 Å². The molecule has 2 heteroatoms. The zero-order chi connectivity index (χ0) is 11.4. The first-order valence-corrected chi connectivity index (χ1v) is 5.29. The Morgan fingerprint density at radius 1 is 1.47 bits per heavy atom. The molecule has 0 radical (unpaired) electrons. The predicted octanol–water partition coefficient (Wildman–Crippen LogP) is 3.30. The number of ether oxygens (including phenoxy) is 1. The summed E-state index contributed by atoms with van der Waals surface area (Å²) in [6.45, 7) is 6.30. The second kappa shape index (κ2) is 4.96. The highest BCUT2D eigenvalue weighted by atomic mass is 16.5. The Hall–Kier alpha value is -1.31. The van der Waals surface area contributed by atoms with Crippen LogP contribution in [-0.2, 0) is 4.74 Å². The largest absolute Gasteiger partial charge is 0.465 e. The number of carbonyl (C=O) groups is 1. The summed E-state index contributed by atoms with van der Waals surface area (Å²) >= 11 is 0. The molecule has 0 aliphatic carbocycles. The van der Waals surface area contributed by atoms with Gasteiger partial charge in [-0.1, -0.05) is 26.0 Å². The van der Waals surface area contributed by atoms with E-state index in [0.717, 1.165) is 12.0 Å². The molecule has 1 rings (SSSR count). The lowest BCUT2D eigenvalue weighted by atomic mass is 9.91. The third-order valence-electron chi connectivity index (χ3n) is 2.92. The van der Waals surface area contributed by atoms with Crippen molar-refractivity contribution in [2.75, 3.05) is 7.11 Å². The molecule has 0 saturated carbocycles. The van der Waals surface area contributed by atoms with E-state index in [2.05, 4.69) is 19.9 Å². The molecule has 0 fully saturated rings. The normalized spacial score (nSPS) is 12.3. The molecule has 0 aliphatic heterocycles. The molecule has 0 aromatic heterocycles. The third kappa shape index (κ3) is 2.38. The number of hydrogen-bond donors (Lipinski definition) is 0. The zero-order valence-corrected chi connectivity index (χ0v) is 9.83. The van der Waals surface area contributed by atoms with E-state index >= 15 is 0 Å². The second-order valence-electron chi connectivity index (χ2n) is 3.82. The van der Waals surface area contributed by atoms with E-state index in [0.29, 0.717) is 11.5 Å². The van der Waals surface area contributed by atoms with Crippen molar-refractivity contribution >= 4 is 5.97 Å². The molecular formula is C13H18O2. The van der Waals surface area contributed by atoms with Gasteiger partial charge < -0.3 is 4.74 Å². The van der Waals surface area contributed by atoms with Crippen LogP contribution in [0.5, 0.6) is 0 Å². The first-order chi connectivity index (χ1) is 7.11. The average molecular weight is 206 g/mol. The van der Waals surface area contributed by atoms with Crippen molar-refractivity contribution < 1.29 is 9.53 Å². The minimum absolute atomic E-state index is 0.252. The van der Waals surface area contributed by atoms with Gasteiger partial charge in [0.2, 0.25) is 0 Å². The van der Waals surface area contributed by atoms with E-state index in [-0.39, 0.29) is 5.97 Å². The van der Waals surface area contributed by atoms with Crippen LogP contribution in [0.2, 0.25) is 0 Å². The van der Waals surface area contributed by atoms with E-state index in [9.17, 15) is 4.79 Å². The van der Waals surface area contributed by atoms with Crippen LogP contribution in [0.25, 0.3) is 0 Å². The highest BCUT2D eigenvalue weighted by molar-refractivity contribution is 5.91. The highest BCUT2D eigenvalue weighted by Gasteiger charge is 2.14. The summed E-state index contributed by atoms with van der Waals surface area (Å²) in [6, 6.07) is 5.81. The van der Waals surface area contributed by atoms with E-state index in [4.69, 9.17) is 4.74 Å². The Kier molecular flexibility index (Phi) is 3.89. The second-order valence-corrected chi connectivity index (χ2v) is 3.82. The molecule has 0 bridgehead atoms. The van der Waals surface area contributed by atoms with Gasteiger partial charge in [0.25, 0.3) is 0 Å². The SMILES string of the molecule is CC[C@@H](C)c1cccc(C(=O)OC)c1C. The lowest BCUT2D eigenvalue weighted by Gasteiger charge is -2.14. The number of benzene rings is 1. The molecule has 0 spiro atoms. The van der Waals surface area contributed by atoms with Crippen molar-refractivity contribution in [1.82, 2.24) is 0 Å². The molecule has 0 amide bonds. The summed E-state index contributed by atoms with van der Waals surface area (Å²) in [5.74, 6) is 0.229. The summed E-state index contributed by atoms with van der Waals surface area (Å²) in [4.78, 5) is 11.5. The van der Waals surface area contributed by atoms with E-state index in [1.54, 1.807) is 0 Å². The summed E-state index contributed by atoms with van der Waals surface area (Å²) < 4.78 is 4.75. The van der Waals surface area contributed by atoms with Crippen molar-refractivity contribution in [3.05, 3.63) is 34.9 Å². The first kappa shape index (κ1) is 11.8. The number of esters is 1. The quantitative estimate of drug-likeness (QED) is 0.709. The molecule has 0 saturated heterocycles. The molecule has 0 aliphatic rings. The van der Waals surface area contributed by atoms with Crippen molar-refractivity contribution in [3.8, 4) is 0 Å². The average Bonchev–Trinajstić information content (AvgIpc) is 2.27. The first-order valence-electron chi connectivity index (χ1n) is 5.29. The van der Waals surface area contributed by atoms with Gasteiger partial charge in [-0.25, -0.2) is 4.79 Å². The molecule has 2 nitrogen and oxygen atoms in total. The molecule has 82 valence electrons. The van der Waals surface area contributed by atoms with Gasteiger partial charge >= 0.3 is 5.97 Å². The van der Waals surface area contributed by atoms with Crippen LogP contribution >= 0.6 is 0 Å². The molecular weight excluding hydrogens is 188 g/mol. The molecule has 0 heterocycles. The minimum atomic E-state index is -0.252. The van der Waals surface area contributed by atoms with Crippen LogP contribution < -0.4 is 0 Å². The Morgan fingerprint density at radius 2 is 2.13 bits per heavy atom. The summed E-state index contributed by atoms with van der Waals surface area (Å²) in [5.41, 5.74) is 2.95. The van der Waals surface area contributed by atoms with Gasteiger partial charge in [-0.2, -0.15) is 0 Å². The zero-order valence-electron chi connectivity index (χ0n) is 9.83. The van der Waals surface area contributed by atoms with Crippen LogP contribution in [-0.4, -0.2) is 13.1 Å². The highest BCUT2D eigenvalue weighted by Crippen LogP contribution is 2.24. The van der Waals surface area contributed by atoms with Gasteiger partial charge in [0.1, 0.15) is 0 Å². The molecule has 15 heavy (non-hydrogen) atoms. The maximum atomic E-state index is 11.5. The number of hydrogen-bond acceptors (Lipinski definition) is 2. The van der Waals surface area contributed by atoms with Crippen LogP contribution in [0.4, 0.5) is 0 Å². The Bertz CT molecular complexity index is 356. The van der Waals surface area contributed by atoms with Crippen molar-refractivity contribution in [1.29, 1.82) is 0 Å². The topological polar surface area (TPSA) is 26.3 Å². The van der Waals surface area contributed by atoms with Gasteiger partial charge in [-0.3, -0.25) is 0 Å². The summed E-state index contributed by atoms with van der Waals surface area (Å²) in [5, 5.41) is 0. The van der Waals surface area contributed by atoms with Crippen LogP contribution in [0.3, 0.4) is 0 Å². The van der Waals surface area contributed by atoms with Gasteiger partial charge in [-0.05, 0) is 36.5 Å². The van der Waals surface area contributed by atoms with E-state index < -0.39 is 0 Å². The fraction of sp³-hybridized carbons (Fsp3) is 0.462. The van der Waals surface area contributed by atoms with Gasteiger partial charge in [0.15, 0.2) is 0 Å². The smallest absolute Gasteiger partial charge is 0.338 e. The fourth-order valence-corrected chi connectivity index (χ4v) is 1.74. The van der Waals surface area contributed by atoms with Crippen LogP contribution in [0, 0.1) is 6.92 Å². The lowest BCUT2D eigenvalue weighted by molar-refractivity contribution is 0.0599. The molecule has 1 aromatic carbocycles. The monoisotopic (exact) mass is 206 g/mol. The Labute approximate surface area is 91.3 Å². The molecule has 0 unspecified atom stereocenters. The van der Waals surface area contributed by atoms with Crippen LogP contribution in [0.15, 0.2) is 18.2 Å². The van der Waals surface area contributed by atoms with E-state index in [1.807, 2.05) is 19.1 Å². The lowest BCUT2D eigenvalue weighted by Crippen LogP contribution is -2.06. The number of rotatable bonds is 3. The fourth-order valence-electron chi connectivity index (χ4n) is 1.74. The Balaban J connectivity index is 3.16. The maximum Gasteiger partial charge on any atom is 0.338 e. The predicted molar refractivity (Wildman–Crippen MR) is 61.2 cm³/mol. The van der Waals surface area contributed by atoms with E-state index in [1.165, 1.54) is 12.7 Å².